The van der Waals surface area contributed by atoms with E-state index in [-0.39, 0.29) is 5.43 Å². The predicted molar refractivity (Wildman–Crippen MR) is 57.0 cm³/mol. The van der Waals surface area contributed by atoms with Crippen LogP contribution in [-0.4, -0.2) is 0 Å². The van der Waals surface area contributed by atoms with Crippen LogP contribution in [-0.2, 0) is 0 Å². The van der Waals surface area contributed by atoms with Gasteiger partial charge in [-0.2, -0.15) is 0 Å². The van der Waals surface area contributed by atoms with Gasteiger partial charge in [0.1, 0.15) is 5.58 Å². The van der Waals surface area contributed by atoms with E-state index in [1.807, 2.05) is 13.8 Å². The Balaban J connectivity index is 3.07. The van der Waals surface area contributed by atoms with Crippen LogP contribution < -0.4 is 5.43 Å². The van der Waals surface area contributed by atoms with Crippen LogP contribution in [0.3, 0.4) is 0 Å². The van der Waals surface area contributed by atoms with Crippen molar-refractivity contribution in [1.29, 1.82) is 0 Å². The minimum atomic E-state index is -0.0503. The number of hydrogen-bond acceptors (Lipinski definition) is 2. The summed E-state index contributed by atoms with van der Waals surface area (Å²) in [7, 11) is 0. The number of halogens is 1. The lowest BCUT2D eigenvalue weighted by Gasteiger charge is -2.05. The minimum absolute atomic E-state index is 0.0503. The topological polar surface area (TPSA) is 30.2 Å². The summed E-state index contributed by atoms with van der Waals surface area (Å²) >= 11 is 6.05. The maximum absolute atomic E-state index is 11.5. The largest absolute Gasteiger partial charge is 0.464 e. The second-order valence-electron chi connectivity index (χ2n) is 3.29. The molecule has 72 valence electrons. The Kier molecular flexibility index (Phi) is 2.08. The van der Waals surface area contributed by atoms with Gasteiger partial charge in [0.2, 0.25) is 0 Å². The SMILES string of the molecule is Cc1cc2occc(=O)c2c(C)c1Cl. The third-order valence-electron chi connectivity index (χ3n) is 2.31. The first-order valence-corrected chi connectivity index (χ1v) is 4.66. The summed E-state index contributed by atoms with van der Waals surface area (Å²) in [5, 5.41) is 1.21. The summed E-state index contributed by atoms with van der Waals surface area (Å²) in [6.45, 7) is 3.72. The van der Waals surface area contributed by atoms with Crippen molar-refractivity contribution in [2.45, 2.75) is 13.8 Å². The zero-order valence-electron chi connectivity index (χ0n) is 7.93. The normalized spacial score (nSPS) is 10.8. The maximum atomic E-state index is 11.5. The Morgan fingerprint density at radius 2 is 2.07 bits per heavy atom. The van der Waals surface area contributed by atoms with Crippen LogP contribution in [0.25, 0.3) is 11.0 Å². The Labute approximate surface area is 86.1 Å². The van der Waals surface area contributed by atoms with Crippen molar-refractivity contribution in [3.05, 3.63) is 44.8 Å². The van der Waals surface area contributed by atoms with Gasteiger partial charge in [0.15, 0.2) is 5.43 Å². The van der Waals surface area contributed by atoms with Gasteiger partial charge in [-0.05, 0) is 31.0 Å². The lowest BCUT2D eigenvalue weighted by Crippen LogP contribution is -2.01. The number of fused-ring (bicyclic) bond motifs is 1. The molecule has 0 saturated carbocycles. The molecule has 0 aliphatic carbocycles. The smallest absolute Gasteiger partial charge is 0.192 e. The molecule has 0 aliphatic rings. The molecule has 0 bridgehead atoms. The molecule has 0 atom stereocenters. The van der Waals surface area contributed by atoms with Gasteiger partial charge in [-0.25, -0.2) is 0 Å². The molecule has 0 N–H and O–H groups in total. The molecule has 1 heterocycles. The Bertz CT molecular complexity index is 555. The molecule has 0 spiro atoms. The molecule has 0 saturated heterocycles. The molecular weight excluding hydrogens is 200 g/mol. The van der Waals surface area contributed by atoms with Gasteiger partial charge in [-0.15, -0.1) is 0 Å². The summed E-state index contributed by atoms with van der Waals surface area (Å²) in [5.74, 6) is 0. The summed E-state index contributed by atoms with van der Waals surface area (Å²) in [5.41, 5.74) is 2.25. The summed E-state index contributed by atoms with van der Waals surface area (Å²) in [4.78, 5) is 11.5. The summed E-state index contributed by atoms with van der Waals surface area (Å²) < 4.78 is 5.25. The van der Waals surface area contributed by atoms with E-state index in [1.165, 1.54) is 12.3 Å². The molecule has 0 unspecified atom stereocenters. The molecule has 0 aliphatic heterocycles. The average Bonchev–Trinajstić information content (AvgIpc) is 2.14. The number of benzene rings is 1. The van der Waals surface area contributed by atoms with Crippen LogP contribution in [0.1, 0.15) is 11.1 Å². The van der Waals surface area contributed by atoms with Crippen molar-refractivity contribution < 1.29 is 4.42 Å². The monoisotopic (exact) mass is 208 g/mol. The third kappa shape index (κ3) is 1.23. The van der Waals surface area contributed by atoms with Gasteiger partial charge in [-0.1, -0.05) is 11.6 Å². The molecule has 2 rings (SSSR count). The van der Waals surface area contributed by atoms with Crippen molar-refractivity contribution in [2.24, 2.45) is 0 Å². The van der Waals surface area contributed by atoms with E-state index in [1.54, 1.807) is 6.07 Å². The molecule has 1 aromatic carbocycles. The summed E-state index contributed by atoms with van der Waals surface area (Å²) in [6, 6.07) is 3.19. The highest BCUT2D eigenvalue weighted by Crippen LogP contribution is 2.26. The van der Waals surface area contributed by atoms with E-state index in [0.717, 1.165) is 11.1 Å². The van der Waals surface area contributed by atoms with Crippen LogP contribution in [0.2, 0.25) is 5.02 Å². The van der Waals surface area contributed by atoms with Crippen molar-refractivity contribution >= 4 is 22.6 Å². The average molecular weight is 209 g/mol. The van der Waals surface area contributed by atoms with E-state index in [4.69, 9.17) is 16.0 Å². The molecular formula is C11H9ClO2. The van der Waals surface area contributed by atoms with Gasteiger partial charge in [0, 0.05) is 11.1 Å². The highest BCUT2D eigenvalue weighted by atomic mass is 35.5. The zero-order chi connectivity index (χ0) is 10.3. The maximum Gasteiger partial charge on any atom is 0.192 e. The van der Waals surface area contributed by atoms with Crippen molar-refractivity contribution in [3.63, 3.8) is 0 Å². The molecule has 0 fully saturated rings. The van der Waals surface area contributed by atoms with Crippen molar-refractivity contribution in [1.82, 2.24) is 0 Å². The van der Waals surface area contributed by atoms with Crippen molar-refractivity contribution in [3.8, 4) is 0 Å². The molecule has 3 heteroatoms. The van der Waals surface area contributed by atoms with E-state index in [0.29, 0.717) is 16.0 Å². The van der Waals surface area contributed by atoms with Gasteiger partial charge in [0.25, 0.3) is 0 Å². The first-order valence-electron chi connectivity index (χ1n) is 4.28. The van der Waals surface area contributed by atoms with Crippen LogP contribution in [0.5, 0.6) is 0 Å². The Morgan fingerprint density at radius 1 is 1.36 bits per heavy atom. The Hall–Kier alpha value is -1.28. The molecule has 0 radical (unpaired) electrons. The third-order valence-corrected chi connectivity index (χ3v) is 2.89. The molecule has 1 aromatic heterocycles. The second kappa shape index (κ2) is 3.14. The van der Waals surface area contributed by atoms with Crippen LogP contribution in [0, 0.1) is 13.8 Å². The first-order chi connectivity index (χ1) is 6.61. The zero-order valence-corrected chi connectivity index (χ0v) is 8.68. The van der Waals surface area contributed by atoms with Crippen LogP contribution >= 0.6 is 11.6 Å². The predicted octanol–water partition coefficient (Wildman–Crippen LogP) is 3.06. The molecule has 2 nitrogen and oxygen atoms in total. The quantitative estimate of drug-likeness (QED) is 0.666. The summed E-state index contributed by atoms with van der Waals surface area (Å²) in [6.07, 6.45) is 1.40. The standard InChI is InChI=1S/C11H9ClO2/c1-6-5-9-10(7(2)11(6)12)8(13)3-4-14-9/h3-5H,1-2H3. The van der Waals surface area contributed by atoms with E-state index in [2.05, 4.69) is 0 Å². The van der Waals surface area contributed by atoms with Crippen LogP contribution in [0.4, 0.5) is 0 Å². The van der Waals surface area contributed by atoms with Crippen LogP contribution in [0.15, 0.2) is 27.6 Å². The van der Waals surface area contributed by atoms with Gasteiger partial charge in [-0.3, -0.25) is 4.79 Å². The highest BCUT2D eigenvalue weighted by Gasteiger charge is 2.09. The lowest BCUT2D eigenvalue weighted by molar-refractivity contribution is 0.602. The first kappa shape index (κ1) is 9.28. The van der Waals surface area contributed by atoms with Gasteiger partial charge >= 0.3 is 0 Å². The minimum Gasteiger partial charge on any atom is -0.464 e. The van der Waals surface area contributed by atoms with E-state index >= 15 is 0 Å². The van der Waals surface area contributed by atoms with E-state index < -0.39 is 0 Å². The Morgan fingerprint density at radius 3 is 2.79 bits per heavy atom. The fourth-order valence-corrected chi connectivity index (χ4v) is 1.72. The number of aryl methyl sites for hydroxylation is 2. The van der Waals surface area contributed by atoms with Gasteiger partial charge < -0.3 is 4.42 Å². The number of rotatable bonds is 0. The van der Waals surface area contributed by atoms with E-state index in [9.17, 15) is 4.79 Å². The molecule has 2 aromatic rings. The van der Waals surface area contributed by atoms with Crippen molar-refractivity contribution in [2.75, 3.05) is 0 Å². The number of hydrogen-bond donors (Lipinski definition) is 0. The lowest BCUT2D eigenvalue weighted by atomic mass is 10.1. The fourth-order valence-electron chi connectivity index (χ4n) is 1.57. The van der Waals surface area contributed by atoms with Gasteiger partial charge in [0.05, 0.1) is 11.6 Å². The molecule has 14 heavy (non-hydrogen) atoms. The molecule has 0 amide bonds. The second-order valence-corrected chi connectivity index (χ2v) is 3.67. The highest BCUT2D eigenvalue weighted by molar-refractivity contribution is 6.33. The fraction of sp³-hybridized carbons (Fsp3) is 0.182.